The number of carbonyl (C=O) groups is 1. The number of hydrogen-bond acceptors (Lipinski definition) is 7. The van der Waals surface area contributed by atoms with Crippen molar-refractivity contribution in [3.63, 3.8) is 0 Å². The summed E-state index contributed by atoms with van der Waals surface area (Å²) >= 11 is 12.2. The molecule has 3 rings (SSSR count). The Morgan fingerprint density at radius 1 is 1.06 bits per heavy atom. The Balaban J connectivity index is 1.82. The van der Waals surface area contributed by atoms with Gasteiger partial charge in [-0.1, -0.05) is 43.1 Å². The maximum atomic E-state index is 12.7. The highest BCUT2D eigenvalue weighted by Crippen LogP contribution is 2.26. The molecule has 0 spiro atoms. The number of halogens is 2. The first kappa shape index (κ1) is 23.7. The quantitative estimate of drug-likeness (QED) is 0.359. The van der Waals surface area contributed by atoms with Crippen molar-refractivity contribution in [1.29, 1.82) is 0 Å². The van der Waals surface area contributed by atoms with Gasteiger partial charge < -0.3 is 21.1 Å². The fourth-order valence-electron chi connectivity index (χ4n) is 2.77. The van der Waals surface area contributed by atoms with E-state index in [2.05, 4.69) is 30.9 Å². The number of anilines is 4. The number of aliphatic hydroxyl groups excluding tert-OH is 1. The van der Waals surface area contributed by atoms with Crippen LogP contribution < -0.4 is 16.0 Å². The standard InChI is InChI=1S/C22H24Cl2N6O2/c1-12(2)17-10-19(30-22(28-17)26-13(3)11-31)29-18-9-14(7-8-25-18)27-21(32)20-15(23)5-4-6-16(20)24/h4-10,12-13,31H,11H2,1-3H3,(H3,25,26,27,28,29,30,32)/t13-/m0/s1. The number of nitrogens with one attached hydrogen (secondary N) is 3. The summed E-state index contributed by atoms with van der Waals surface area (Å²) in [4.78, 5) is 25.9. The van der Waals surface area contributed by atoms with Gasteiger partial charge in [-0.2, -0.15) is 4.98 Å². The number of hydrogen-bond donors (Lipinski definition) is 4. The molecule has 1 atom stereocenters. The Morgan fingerprint density at radius 2 is 1.78 bits per heavy atom. The minimum absolute atomic E-state index is 0.0449. The third-order valence-electron chi connectivity index (χ3n) is 4.45. The summed E-state index contributed by atoms with van der Waals surface area (Å²) in [5.74, 6) is 1.15. The summed E-state index contributed by atoms with van der Waals surface area (Å²) < 4.78 is 0. The summed E-state index contributed by atoms with van der Waals surface area (Å²) in [6.07, 6.45) is 1.56. The molecule has 32 heavy (non-hydrogen) atoms. The van der Waals surface area contributed by atoms with Gasteiger partial charge in [0.05, 0.1) is 27.9 Å². The first-order valence-electron chi connectivity index (χ1n) is 10.0. The van der Waals surface area contributed by atoms with Gasteiger partial charge in [0.25, 0.3) is 5.91 Å². The monoisotopic (exact) mass is 474 g/mol. The van der Waals surface area contributed by atoms with Crippen LogP contribution in [0.25, 0.3) is 0 Å². The van der Waals surface area contributed by atoms with Crippen LogP contribution in [-0.4, -0.2) is 38.6 Å². The van der Waals surface area contributed by atoms with Gasteiger partial charge in [0.15, 0.2) is 0 Å². The van der Waals surface area contributed by atoms with Crippen LogP contribution in [0, 0.1) is 0 Å². The van der Waals surface area contributed by atoms with Gasteiger partial charge in [0.1, 0.15) is 11.6 Å². The molecule has 0 unspecified atom stereocenters. The third-order valence-corrected chi connectivity index (χ3v) is 5.08. The largest absolute Gasteiger partial charge is 0.394 e. The van der Waals surface area contributed by atoms with E-state index in [0.29, 0.717) is 23.3 Å². The van der Waals surface area contributed by atoms with Crippen LogP contribution in [0.2, 0.25) is 10.0 Å². The van der Waals surface area contributed by atoms with E-state index in [-0.39, 0.29) is 34.2 Å². The van der Waals surface area contributed by atoms with Gasteiger partial charge in [-0.25, -0.2) is 9.97 Å². The van der Waals surface area contributed by atoms with Crippen molar-refractivity contribution in [3.8, 4) is 0 Å². The van der Waals surface area contributed by atoms with Gasteiger partial charge in [0.2, 0.25) is 5.95 Å². The van der Waals surface area contributed by atoms with Crippen LogP contribution in [0.1, 0.15) is 42.7 Å². The molecule has 1 amide bonds. The summed E-state index contributed by atoms with van der Waals surface area (Å²) in [5, 5.41) is 18.8. The molecule has 168 valence electrons. The molecule has 0 saturated heterocycles. The predicted octanol–water partition coefficient (Wildman–Crippen LogP) is 5.09. The first-order valence-corrected chi connectivity index (χ1v) is 10.8. The normalized spacial score (nSPS) is 11.8. The molecule has 0 radical (unpaired) electrons. The predicted molar refractivity (Wildman–Crippen MR) is 128 cm³/mol. The Hall–Kier alpha value is -2.94. The van der Waals surface area contributed by atoms with Crippen molar-refractivity contribution in [2.24, 2.45) is 0 Å². The number of aliphatic hydroxyl groups is 1. The molecule has 0 saturated carbocycles. The van der Waals surface area contributed by atoms with E-state index >= 15 is 0 Å². The fraction of sp³-hybridized carbons (Fsp3) is 0.273. The maximum absolute atomic E-state index is 12.7. The minimum Gasteiger partial charge on any atom is -0.394 e. The number of amides is 1. The lowest BCUT2D eigenvalue weighted by Crippen LogP contribution is -2.21. The fourth-order valence-corrected chi connectivity index (χ4v) is 3.34. The molecule has 0 aliphatic carbocycles. The van der Waals surface area contributed by atoms with E-state index in [1.807, 2.05) is 26.8 Å². The van der Waals surface area contributed by atoms with Crippen molar-refractivity contribution in [2.45, 2.75) is 32.7 Å². The second kappa shape index (κ2) is 10.6. The van der Waals surface area contributed by atoms with Gasteiger partial charge >= 0.3 is 0 Å². The molecule has 3 aromatic rings. The lowest BCUT2D eigenvalue weighted by Gasteiger charge is -2.15. The van der Waals surface area contributed by atoms with Gasteiger partial charge in [-0.15, -0.1) is 0 Å². The number of benzene rings is 1. The number of pyridine rings is 1. The van der Waals surface area contributed by atoms with Crippen LogP contribution in [0.5, 0.6) is 0 Å². The molecule has 0 aliphatic rings. The lowest BCUT2D eigenvalue weighted by atomic mass is 10.1. The molecule has 0 aliphatic heterocycles. The third kappa shape index (κ3) is 6.06. The summed E-state index contributed by atoms with van der Waals surface area (Å²) in [6.45, 7) is 5.84. The SMILES string of the molecule is CC(C)c1cc(Nc2cc(NC(=O)c3c(Cl)cccc3Cl)ccn2)nc(N[C@@H](C)CO)n1. The Bertz CT molecular complexity index is 1090. The summed E-state index contributed by atoms with van der Waals surface area (Å²) in [5.41, 5.74) is 1.54. The van der Waals surface area contributed by atoms with E-state index in [0.717, 1.165) is 5.69 Å². The van der Waals surface area contributed by atoms with Gasteiger partial charge in [-0.3, -0.25) is 4.79 Å². The van der Waals surface area contributed by atoms with Crippen molar-refractivity contribution >= 4 is 52.4 Å². The average molecular weight is 475 g/mol. The molecule has 2 aromatic heterocycles. The molecular weight excluding hydrogens is 451 g/mol. The van der Waals surface area contributed by atoms with Crippen molar-refractivity contribution in [3.05, 3.63) is 63.9 Å². The first-order chi connectivity index (χ1) is 15.3. The number of nitrogens with zero attached hydrogens (tertiary/aromatic N) is 3. The van der Waals surface area contributed by atoms with E-state index < -0.39 is 5.91 Å². The van der Waals surface area contributed by atoms with E-state index in [1.54, 1.807) is 36.5 Å². The van der Waals surface area contributed by atoms with Crippen LogP contribution in [0.4, 0.5) is 23.3 Å². The Labute approximate surface area is 196 Å². The Kier molecular flexibility index (Phi) is 7.84. The van der Waals surface area contributed by atoms with Crippen molar-refractivity contribution < 1.29 is 9.90 Å². The molecule has 4 N–H and O–H groups in total. The highest BCUT2D eigenvalue weighted by Gasteiger charge is 2.15. The molecule has 1 aromatic carbocycles. The smallest absolute Gasteiger partial charge is 0.258 e. The topological polar surface area (TPSA) is 112 Å². The maximum Gasteiger partial charge on any atom is 0.258 e. The van der Waals surface area contributed by atoms with E-state index in [9.17, 15) is 9.90 Å². The Morgan fingerprint density at radius 3 is 2.44 bits per heavy atom. The molecular formula is C22H24Cl2N6O2. The van der Waals surface area contributed by atoms with Crippen LogP contribution in [0.3, 0.4) is 0 Å². The van der Waals surface area contributed by atoms with E-state index in [1.165, 1.54) is 0 Å². The number of aromatic nitrogens is 3. The number of carbonyl (C=O) groups excluding carboxylic acids is 1. The average Bonchev–Trinajstić information content (AvgIpc) is 2.73. The van der Waals surface area contributed by atoms with Crippen LogP contribution >= 0.6 is 23.2 Å². The number of rotatable bonds is 8. The van der Waals surface area contributed by atoms with Crippen LogP contribution in [0.15, 0.2) is 42.6 Å². The zero-order valence-electron chi connectivity index (χ0n) is 17.9. The highest BCUT2D eigenvalue weighted by atomic mass is 35.5. The van der Waals surface area contributed by atoms with Crippen molar-refractivity contribution in [2.75, 3.05) is 22.6 Å². The van der Waals surface area contributed by atoms with Gasteiger partial charge in [-0.05, 0) is 31.0 Å². The zero-order chi connectivity index (χ0) is 23.3. The molecule has 10 heteroatoms. The second-order valence-corrected chi connectivity index (χ2v) is 8.30. The molecule has 2 heterocycles. The van der Waals surface area contributed by atoms with E-state index in [4.69, 9.17) is 23.2 Å². The van der Waals surface area contributed by atoms with Crippen LogP contribution in [-0.2, 0) is 0 Å². The van der Waals surface area contributed by atoms with Crippen molar-refractivity contribution in [1.82, 2.24) is 15.0 Å². The van der Waals surface area contributed by atoms with Gasteiger partial charge in [0, 0.05) is 30.1 Å². The molecule has 0 bridgehead atoms. The molecule has 8 nitrogen and oxygen atoms in total. The minimum atomic E-state index is -0.425. The lowest BCUT2D eigenvalue weighted by molar-refractivity contribution is 0.102. The summed E-state index contributed by atoms with van der Waals surface area (Å²) in [6, 6.07) is 9.84. The summed E-state index contributed by atoms with van der Waals surface area (Å²) in [7, 11) is 0. The highest BCUT2D eigenvalue weighted by molar-refractivity contribution is 6.40. The second-order valence-electron chi connectivity index (χ2n) is 7.49. The molecule has 0 fully saturated rings. The zero-order valence-corrected chi connectivity index (χ0v) is 19.4.